The molecule has 0 aromatic rings. The van der Waals surface area contributed by atoms with Gasteiger partial charge in [0.1, 0.15) is 0 Å². The number of hydrogen-bond acceptors (Lipinski definition) is 2. The molecule has 2 atom stereocenters. The van der Waals surface area contributed by atoms with Crippen LogP contribution in [0.3, 0.4) is 0 Å². The highest BCUT2D eigenvalue weighted by Gasteiger charge is 2.07. The quantitative estimate of drug-likeness (QED) is 0.454. The molecule has 0 bridgehead atoms. The Labute approximate surface area is 94.4 Å². The van der Waals surface area contributed by atoms with Gasteiger partial charge in [-0.1, -0.05) is 40.0 Å². The third-order valence-electron chi connectivity index (χ3n) is 3.06. The second-order valence-corrected chi connectivity index (χ2v) is 4.68. The number of unbranched alkanes of at least 4 members (excludes halogenated alkanes) is 1. The van der Waals surface area contributed by atoms with E-state index in [2.05, 4.69) is 25.5 Å². The number of ether oxygens (including phenoxy) is 1. The lowest BCUT2D eigenvalue weighted by Gasteiger charge is -2.15. The predicted molar refractivity (Wildman–Crippen MR) is 63.7 cm³/mol. The number of rotatable bonds is 8. The molecule has 0 spiro atoms. The highest BCUT2D eigenvalue weighted by Crippen LogP contribution is 2.19. The van der Waals surface area contributed by atoms with Crippen molar-refractivity contribution in [3.63, 3.8) is 0 Å². The maximum atomic E-state index is 10.9. The van der Waals surface area contributed by atoms with E-state index in [9.17, 15) is 4.79 Å². The minimum absolute atomic E-state index is 0.0791. The second-order valence-electron chi connectivity index (χ2n) is 4.68. The number of esters is 1. The van der Waals surface area contributed by atoms with Gasteiger partial charge >= 0.3 is 5.97 Å². The van der Waals surface area contributed by atoms with Crippen molar-refractivity contribution in [2.24, 2.45) is 11.8 Å². The van der Waals surface area contributed by atoms with Gasteiger partial charge < -0.3 is 4.74 Å². The Morgan fingerprint density at radius 3 is 2.40 bits per heavy atom. The number of carbonyl (C=O) groups is 1. The molecule has 2 nitrogen and oxygen atoms in total. The normalized spacial score (nSPS) is 14.7. The lowest BCUT2D eigenvalue weighted by Crippen LogP contribution is -2.03. The first-order valence-electron chi connectivity index (χ1n) is 6.16. The van der Waals surface area contributed by atoms with Crippen molar-refractivity contribution in [2.45, 2.75) is 59.3 Å². The van der Waals surface area contributed by atoms with Gasteiger partial charge in [0.15, 0.2) is 0 Å². The summed E-state index contributed by atoms with van der Waals surface area (Å²) >= 11 is 0. The van der Waals surface area contributed by atoms with Gasteiger partial charge in [-0.05, 0) is 24.7 Å². The summed E-state index contributed by atoms with van der Waals surface area (Å²) in [6, 6.07) is 0. The van der Waals surface area contributed by atoms with Crippen LogP contribution in [-0.2, 0) is 9.53 Å². The first-order valence-corrected chi connectivity index (χ1v) is 6.16. The van der Waals surface area contributed by atoms with Gasteiger partial charge in [-0.15, -0.1) is 0 Å². The van der Waals surface area contributed by atoms with Crippen molar-refractivity contribution in [1.82, 2.24) is 0 Å². The number of hydrogen-bond donors (Lipinski definition) is 0. The molecule has 0 heterocycles. The van der Waals surface area contributed by atoms with Crippen molar-refractivity contribution in [2.75, 3.05) is 7.11 Å². The third kappa shape index (κ3) is 8.46. The highest BCUT2D eigenvalue weighted by atomic mass is 16.5. The molecule has 15 heavy (non-hydrogen) atoms. The molecule has 0 aromatic carbocycles. The van der Waals surface area contributed by atoms with E-state index in [4.69, 9.17) is 0 Å². The summed E-state index contributed by atoms with van der Waals surface area (Å²) < 4.78 is 4.60. The Balaban J connectivity index is 3.38. The zero-order valence-electron chi connectivity index (χ0n) is 10.7. The van der Waals surface area contributed by atoms with Crippen LogP contribution in [0.5, 0.6) is 0 Å². The first kappa shape index (κ1) is 14.5. The summed E-state index contributed by atoms with van der Waals surface area (Å²) in [6.07, 6.45) is 6.51. The van der Waals surface area contributed by atoms with Crippen molar-refractivity contribution < 1.29 is 9.53 Å². The molecule has 0 aliphatic rings. The summed E-state index contributed by atoms with van der Waals surface area (Å²) in [5, 5.41) is 0. The molecule has 0 aliphatic heterocycles. The lowest BCUT2D eigenvalue weighted by molar-refractivity contribution is -0.140. The Morgan fingerprint density at radius 1 is 1.20 bits per heavy atom. The van der Waals surface area contributed by atoms with Crippen LogP contribution in [0, 0.1) is 11.8 Å². The van der Waals surface area contributed by atoms with Gasteiger partial charge in [-0.3, -0.25) is 4.79 Å². The van der Waals surface area contributed by atoms with Crippen LogP contribution in [0.25, 0.3) is 0 Å². The Morgan fingerprint density at radius 2 is 1.87 bits per heavy atom. The van der Waals surface area contributed by atoms with Crippen molar-refractivity contribution >= 4 is 5.97 Å². The maximum Gasteiger partial charge on any atom is 0.305 e. The molecule has 0 saturated carbocycles. The molecule has 90 valence electrons. The van der Waals surface area contributed by atoms with E-state index in [1.807, 2.05) is 0 Å². The van der Waals surface area contributed by atoms with E-state index in [0.29, 0.717) is 6.42 Å². The van der Waals surface area contributed by atoms with E-state index in [0.717, 1.165) is 24.7 Å². The fraction of sp³-hybridized carbons (Fsp3) is 0.923. The standard InChI is InChI=1S/C13H26O2/c1-5-11(2)10-12(3)8-6-7-9-13(14)15-4/h11-12H,5-10H2,1-4H3. The van der Waals surface area contributed by atoms with Crippen LogP contribution in [-0.4, -0.2) is 13.1 Å². The molecule has 0 aromatic heterocycles. The molecule has 0 N–H and O–H groups in total. The van der Waals surface area contributed by atoms with Crippen LogP contribution >= 0.6 is 0 Å². The molecule has 0 saturated heterocycles. The van der Waals surface area contributed by atoms with Crippen LogP contribution < -0.4 is 0 Å². The molecule has 0 aliphatic carbocycles. The topological polar surface area (TPSA) is 26.3 Å². The van der Waals surface area contributed by atoms with Gasteiger partial charge in [0.05, 0.1) is 7.11 Å². The lowest BCUT2D eigenvalue weighted by atomic mass is 9.91. The van der Waals surface area contributed by atoms with Gasteiger partial charge in [0, 0.05) is 6.42 Å². The molecule has 2 unspecified atom stereocenters. The van der Waals surface area contributed by atoms with Gasteiger partial charge in [-0.25, -0.2) is 0 Å². The Kier molecular flexibility index (Phi) is 8.44. The van der Waals surface area contributed by atoms with Crippen LogP contribution in [0.15, 0.2) is 0 Å². The second kappa shape index (κ2) is 8.75. The van der Waals surface area contributed by atoms with E-state index in [1.54, 1.807) is 0 Å². The molecule has 0 radical (unpaired) electrons. The number of methoxy groups -OCH3 is 1. The van der Waals surface area contributed by atoms with Gasteiger partial charge in [0.2, 0.25) is 0 Å². The molecular formula is C13H26O2. The average Bonchev–Trinajstić information content (AvgIpc) is 2.23. The molecule has 0 fully saturated rings. The van der Waals surface area contributed by atoms with E-state index in [-0.39, 0.29) is 5.97 Å². The van der Waals surface area contributed by atoms with Crippen LogP contribution in [0.2, 0.25) is 0 Å². The molecular weight excluding hydrogens is 188 g/mol. The monoisotopic (exact) mass is 214 g/mol. The van der Waals surface area contributed by atoms with Crippen LogP contribution in [0.4, 0.5) is 0 Å². The smallest absolute Gasteiger partial charge is 0.305 e. The molecule has 2 heteroatoms. The summed E-state index contributed by atoms with van der Waals surface area (Å²) in [5.74, 6) is 1.54. The zero-order valence-corrected chi connectivity index (χ0v) is 10.7. The highest BCUT2D eigenvalue weighted by molar-refractivity contribution is 5.68. The summed E-state index contributed by atoms with van der Waals surface area (Å²) in [7, 11) is 1.45. The minimum atomic E-state index is -0.0791. The fourth-order valence-electron chi connectivity index (χ4n) is 1.84. The molecule has 0 rings (SSSR count). The van der Waals surface area contributed by atoms with Crippen LogP contribution in [0.1, 0.15) is 59.3 Å². The van der Waals surface area contributed by atoms with Gasteiger partial charge in [-0.2, -0.15) is 0 Å². The maximum absolute atomic E-state index is 10.9. The fourth-order valence-corrected chi connectivity index (χ4v) is 1.84. The summed E-state index contributed by atoms with van der Waals surface area (Å²) in [6.45, 7) is 6.86. The van der Waals surface area contributed by atoms with E-state index >= 15 is 0 Å². The zero-order chi connectivity index (χ0) is 11.7. The largest absolute Gasteiger partial charge is 0.469 e. The summed E-state index contributed by atoms with van der Waals surface area (Å²) in [4.78, 5) is 10.9. The Bertz CT molecular complexity index is 166. The number of carbonyl (C=O) groups excluding carboxylic acids is 1. The van der Waals surface area contributed by atoms with Crippen molar-refractivity contribution in [1.29, 1.82) is 0 Å². The average molecular weight is 214 g/mol. The first-order chi connectivity index (χ1) is 7.10. The minimum Gasteiger partial charge on any atom is -0.469 e. The van der Waals surface area contributed by atoms with Gasteiger partial charge in [0.25, 0.3) is 0 Å². The SMILES string of the molecule is CCC(C)CC(C)CCCCC(=O)OC. The van der Waals surface area contributed by atoms with E-state index < -0.39 is 0 Å². The summed E-state index contributed by atoms with van der Waals surface area (Å²) in [5.41, 5.74) is 0. The molecule has 0 amide bonds. The Hall–Kier alpha value is -0.530. The van der Waals surface area contributed by atoms with E-state index in [1.165, 1.54) is 26.4 Å². The third-order valence-corrected chi connectivity index (χ3v) is 3.06. The predicted octanol–water partition coefficient (Wildman–Crippen LogP) is 3.79. The van der Waals surface area contributed by atoms with Crippen molar-refractivity contribution in [3.05, 3.63) is 0 Å². The van der Waals surface area contributed by atoms with Crippen molar-refractivity contribution in [3.8, 4) is 0 Å².